The highest BCUT2D eigenvalue weighted by atomic mass is 32.2. The predicted molar refractivity (Wildman–Crippen MR) is 80.4 cm³/mol. The maximum atomic E-state index is 12.4. The lowest BCUT2D eigenvalue weighted by atomic mass is 10.0. The SMILES string of the molecule is C[C@@H]1CCCN(S(=O)(=O)N[C@H](C(N)=O)c2ccccc2)C1. The van der Waals surface area contributed by atoms with Crippen LogP contribution < -0.4 is 10.5 Å². The van der Waals surface area contributed by atoms with E-state index in [4.69, 9.17) is 5.73 Å². The minimum atomic E-state index is -3.73. The van der Waals surface area contributed by atoms with Crippen LogP contribution in [-0.2, 0) is 15.0 Å². The molecule has 1 aliphatic rings. The highest BCUT2D eigenvalue weighted by Crippen LogP contribution is 2.20. The minimum Gasteiger partial charge on any atom is -0.368 e. The Morgan fingerprint density at radius 1 is 1.38 bits per heavy atom. The van der Waals surface area contributed by atoms with Gasteiger partial charge in [0.25, 0.3) is 10.2 Å². The number of rotatable bonds is 5. The molecule has 0 radical (unpaired) electrons. The molecule has 21 heavy (non-hydrogen) atoms. The van der Waals surface area contributed by atoms with Gasteiger partial charge in [-0.1, -0.05) is 37.3 Å². The van der Waals surface area contributed by atoms with Gasteiger partial charge in [-0.2, -0.15) is 17.4 Å². The number of primary amides is 1. The van der Waals surface area contributed by atoms with Crippen molar-refractivity contribution in [2.45, 2.75) is 25.8 Å². The molecule has 0 aliphatic carbocycles. The number of amides is 1. The molecule has 7 heteroatoms. The van der Waals surface area contributed by atoms with Crippen molar-refractivity contribution >= 4 is 16.1 Å². The van der Waals surface area contributed by atoms with Crippen molar-refractivity contribution in [3.63, 3.8) is 0 Å². The van der Waals surface area contributed by atoms with Crippen LogP contribution in [-0.4, -0.2) is 31.7 Å². The maximum absolute atomic E-state index is 12.4. The lowest BCUT2D eigenvalue weighted by Crippen LogP contribution is -2.48. The summed E-state index contributed by atoms with van der Waals surface area (Å²) < 4.78 is 28.7. The van der Waals surface area contributed by atoms with Crippen LogP contribution in [0.15, 0.2) is 30.3 Å². The first-order valence-electron chi connectivity index (χ1n) is 7.02. The Balaban J connectivity index is 2.18. The third-order valence-electron chi connectivity index (χ3n) is 3.64. The molecule has 1 amide bonds. The quantitative estimate of drug-likeness (QED) is 0.841. The zero-order chi connectivity index (χ0) is 15.5. The van der Waals surface area contributed by atoms with Crippen molar-refractivity contribution in [2.24, 2.45) is 11.7 Å². The van der Waals surface area contributed by atoms with Crippen molar-refractivity contribution in [3.05, 3.63) is 35.9 Å². The van der Waals surface area contributed by atoms with Crippen molar-refractivity contribution in [3.8, 4) is 0 Å². The molecule has 1 aromatic carbocycles. The van der Waals surface area contributed by atoms with Gasteiger partial charge in [0, 0.05) is 13.1 Å². The van der Waals surface area contributed by atoms with Gasteiger partial charge in [0.1, 0.15) is 6.04 Å². The predicted octanol–water partition coefficient (Wildman–Crippen LogP) is 0.779. The van der Waals surface area contributed by atoms with Crippen LogP contribution in [0.25, 0.3) is 0 Å². The second-order valence-corrected chi connectivity index (χ2v) is 7.18. The van der Waals surface area contributed by atoms with Gasteiger partial charge in [0.15, 0.2) is 0 Å². The summed E-state index contributed by atoms with van der Waals surface area (Å²) in [6, 6.07) is 7.58. The van der Waals surface area contributed by atoms with Gasteiger partial charge < -0.3 is 5.73 Å². The third-order valence-corrected chi connectivity index (χ3v) is 5.19. The fraction of sp³-hybridized carbons (Fsp3) is 0.500. The number of benzene rings is 1. The first-order chi connectivity index (χ1) is 9.90. The largest absolute Gasteiger partial charge is 0.368 e. The second kappa shape index (κ2) is 6.55. The second-order valence-electron chi connectivity index (χ2n) is 5.47. The molecular formula is C14H21N3O3S. The van der Waals surface area contributed by atoms with E-state index in [1.165, 1.54) is 4.31 Å². The molecule has 1 aliphatic heterocycles. The number of nitrogens with one attached hydrogen (secondary N) is 1. The van der Waals surface area contributed by atoms with Crippen molar-refractivity contribution in [2.75, 3.05) is 13.1 Å². The zero-order valence-corrected chi connectivity index (χ0v) is 12.8. The van der Waals surface area contributed by atoms with Gasteiger partial charge in [0.2, 0.25) is 5.91 Å². The van der Waals surface area contributed by atoms with Crippen molar-refractivity contribution < 1.29 is 13.2 Å². The molecular weight excluding hydrogens is 290 g/mol. The summed E-state index contributed by atoms with van der Waals surface area (Å²) in [5.41, 5.74) is 5.89. The molecule has 1 aromatic rings. The number of hydrogen-bond acceptors (Lipinski definition) is 3. The normalized spacial score (nSPS) is 21.9. The lowest BCUT2D eigenvalue weighted by Gasteiger charge is -2.31. The monoisotopic (exact) mass is 311 g/mol. The average Bonchev–Trinajstić information content (AvgIpc) is 2.45. The maximum Gasteiger partial charge on any atom is 0.280 e. The van der Waals surface area contributed by atoms with Gasteiger partial charge in [0.05, 0.1) is 0 Å². The van der Waals surface area contributed by atoms with E-state index >= 15 is 0 Å². The van der Waals surface area contributed by atoms with Crippen LogP contribution in [0.1, 0.15) is 31.4 Å². The Morgan fingerprint density at radius 2 is 2.05 bits per heavy atom. The number of hydrogen-bond donors (Lipinski definition) is 2. The molecule has 116 valence electrons. The van der Waals surface area contributed by atoms with E-state index < -0.39 is 22.2 Å². The number of piperidine rings is 1. The summed E-state index contributed by atoms with van der Waals surface area (Å²) in [4.78, 5) is 11.6. The molecule has 1 fully saturated rings. The van der Waals surface area contributed by atoms with E-state index in [9.17, 15) is 13.2 Å². The molecule has 0 saturated carbocycles. The summed E-state index contributed by atoms with van der Waals surface area (Å²) in [7, 11) is -3.73. The van der Waals surface area contributed by atoms with E-state index in [1.807, 2.05) is 6.92 Å². The molecule has 0 unspecified atom stereocenters. The Morgan fingerprint density at radius 3 is 2.62 bits per heavy atom. The number of nitrogens with zero attached hydrogens (tertiary/aromatic N) is 1. The highest BCUT2D eigenvalue weighted by molar-refractivity contribution is 7.87. The molecule has 1 saturated heterocycles. The molecule has 6 nitrogen and oxygen atoms in total. The summed E-state index contributed by atoms with van der Waals surface area (Å²) >= 11 is 0. The average molecular weight is 311 g/mol. The topological polar surface area (TPSA) is 92.5 Å². The minimum absolute atomic E-state index is 0.319. The first-order valence-corrected chi connectivity index (χ1v) is 8.46. The van der Waals surface area contributed by atoms with Crippen LogP contribution in [0.5, 0.6) is 0 Å². The van der Waals surface area contributed by atoms with E-state index in [0.29, 0.717) is 24.6 Å². The Labute approximate surface area is 125 Å². The van der Waals surface area contributed by atoms with E-state index in [2.05, 4.69) is 4.72 Å². The highest BCUT2D eigenvalue weighted by Gasteiger charge is 2.31. The lowest BCUT2D eigenvalue weighted by molar-refractivity contribution is -0.119. The fourth-order valence-corrected chi connectivity index (χ4v) is 4.04. The van der Waals surface area contributed by atoms with Gasteiger partial charge in [-0.25, -0.2) is 0 Å². The van der Waals surface area contributed by atoms with E-state index in [1.54, 1.807) is 30.3 Å². The molecule has 1 heterocycles. The van der Waals surface area contributed by atoms with Crippen molar-refractivity contribution in [1.29, 1.82) is 0 Å². The first kappa shape index (κ1) is 15.9. The van der Waals surface area contributed by atoms with Crippen molar-refractivity contribution in [1.82, 2.24) is 9.03 Å². The summed E-state index contributed by atoms with van der Waals surface area (Å²) in [5.74, 6) is -0.395. The molecule has 2 atom stereocenters. The molecule has 0 spiro atoms. The summed E-state index contributed by atoms with van der Waals surface area (Å²) in [6.45, 7) is 2.96. The molecule has 0 bridgehead atoms. The number of nitrogens with two attached hydrogens (primary N) is 1. The zero-order valence-electron chi connectivity index (χ0n) is 12.0. The third kappa shape index (κ3) is 4.03. The van der Waals surface area contributed by atoms with Crippen LogP contribution in [0, 0.1) is 5.92 Å². The van der Waals surface area contributed by atoms with Gasteiger partial charge in [-0.3, -0.25) is 4.79 Å². The van der Waals surface area contributed by atoms with Crippen LogP contribution in [0.3, 0.4) is 0 Å². The van der Waals surface area contributed by atoms with E-state index in [0.717, 1.165) is 12.8 Å². The molecule has 2 rings (SSSR count). The fourth-order valence-electron chi connectivity index (χ4n) is 2.52. The Hall–Kier alpha value is -1.44. The van der Waals surface area contributed by atoms with Gasteiger partial charge >= 0.3 is 0 Å². The number of carbonyl (C=O) groups is 1. The Bertz CT molecular complexity index is 589. The van der Waals surface area contributed by atoms with Crippen LogP contribution in [0.4, 0.5) is 0 Å². The summed E-state index contributed by atoms with van der Waals surface area (Å²) in [5, 5.41) is 0. The van der Waals surface area contributed by atoms with Crippen LogP contribution in [0.2, 0.25) is 0 Å². The molecule has 0 aromatic heterocycles. The standard InChI is InChI=1S/C14H21N3O3S/c1-11-6-5-9-17(10-11)21(19,20)16-13(14(15)18)12-7-3-2-4-8-12/h2-4,7-8,11,13,16H,5-6,9-10H2,1H3,(H2,15,18)/t11-,13+/m1/s1. The van der Waals surface area contributed by atoms with Gasteiger partial charge in [-0.05, 0) is 24.3 Å². The molecule has 3 N–H and O–H groups in total. The van der Waals surface area contributed by atoms with Crippen LogP contribution >= 0.6 is 0 Å². The van der Waals surface area contributed by atoms with Gasteiger partial charge in [-0.15, -0.1) is 0 Å². The Kier molecular flexibility index (Phi) is 4.97. The smallest absolute Gasteiger partial charge is 0.280 e. The summed E-state index contributed by atoms with van der Waals surface area (Å²) in [6.07, 6.45) is 1.85. The van der Waals surface area contributed by atoms with E-state index in [-0.39, 0.29) is 0 Å². The number of carbonyl (C=O) groups excluding carboxylic acids is 1.